The van der Waals surface area contributed by atoms with Gasteiger partial charge in [0, 0.05) is 22.7 Å². The van der Waals surface area contributed by atoms with Gasteiger partial charge in [0.25, 0.3) is 5.91 Å². The number of anilines is 2. The van der Waals surface area contributed by atoms with Crippen LogP contribution in [0.1, 0.15) is 23.7 Å². The molecular weight excluding hydrogens is 323 g/mol. The molecule has 0 aliphatic heterocycles. The van der Waals surface area contributed by atoms with Gasteiger partial charge in [-0.1, -0.05) is 30.1 Å². The predicted octanol–water partition coefficient (Wildman–Crippen LogP) is 4.59. The third-order valence-corrected chi connectivity index (χ3v) is 3.51. The Kier molecular flexibility index (Phi) is 5.41. The molecular formula is C16H14Cl2N2O2. The molecule has 0 bridgehead atoms. The van der Waals surface area contributed by atoms with E-state index in [2.05, 4.69) is 10.6 Å². The Balaban J connectivity index is 2.17. The van der Waals surface area contributed by atoms with Crippen LogP contribution in [0, 0.1) is 0 Å². The van der Waals surface area contributed by atoms with Crippen molar-refractivity contribution in [1.82, 2.24) is 0 Å². The minimum atomic E-state index is -0.308. The van der Waals surface area contributed by atoms with Gasteiger partial charge in [0.1, 0.15) is 0 Å². The zero-order valence-electron chi connectivity index (χ0n) is 11.8. The van der Waals surface area contributed by atoms with Crippen molar-refractivity contribution in [1.29, 1.82) is 0 Å². The minimum Gasteiger partial charge on any atom is -0.326 e. The molecule has 2 aromatic carbocycles. The topological polar surface area (TPSA) is 58.2 Å². The first-order valence-corrected chi connectivity index (χ1v) is 7.41. The van der Waals surface area contributed by atoms with E-state index in [0.717, 1.165) is 0 Å². The Labute approximate surface area is 138 Å². The third kappa shape index (κ3) is 4.23. The highest BCUT2D eigenvalue weighted by Gasteiger charge is 2.10. The summed E-state index contributed by atoms with van der Waals surface area (Å²) in [6.45, 7) is 1.76. The lowest BCUT2D eigenvalue weighted by molar-refractivity contribution is -0.115. The molecule has 2 amide bonds. The lowest BCUT2D eigenvalue weighted by Gasteiger charge is -2.10. The van der Waals surface area contributed by atoms with Gasteiger partial charge in [0.05, 0.1) is 10.7 Å². The maximum atomic E-state index is 12.2. The molecule has 0 aromatic heterocycles. The van der Waals surface area contributed by atoms with E-state index >= 15 is 0 Å². The maximum Gasteiger partial charge on any atom is 0.255 e. The van der Waals surface area contributed by atoms with Crippen molar-refractivity contribution < 1.29 is 9.59 Å². The summed E-state index contributed by atoms with van der Waals surface area (Å²) < 4.78 is 0. The van der Waals surface area contributed by atoms with Gasteiger partial charge in [-0.15, -0.1) is 0 Å². The number of rotatable bonds is 4. The van der Waals surface area contributed by atoms with E-state index in [1.807, 2.05) is 0 Å². The Hall–Kier alpha value is -2.04. The Morgan fingerprint density at radius 2 is 1.68 bits per heavy atom. The molecule has 2 aromatic rings. The summed E-state index contributed by atoms with van der Waals surface area (Å²) in [6, 6.07) is 11.4. The van der Waals surface area contributed by atoms with Crippen LogP contribution < -0.4 is 10.6 Å². The zero-order valence-corrected chi connectivity index (χ0v) is 13.3. The lowest BCUT2D eigenvalue weighted by atomic mass is 10.2. The smallest absolute Gasteiger partial charge is 0.255 e. The molecule has 0 radical (unpaired) electrons. The summed E-state index contributed by atoms with van der Waals surface area (Å²) in [6.07, 6.45) is 0.370. The molecule has 4 nitrogen and oxygen atoms in total. The van der Waals surface area contributed by atoms with Crippen molar-refractivity contribution in [3.63, 3.8) is 0 Å². The molecule has 0 saturated carbocycles. The molecule has 0 saturated heterocycles. The summed E-state index contributed by atoms with van der Waals surface area (Å²) in [4.78, 5) is 23.6. The quantitative estimate of drug-likeness (QED) is 0.857. The van der Waals surface area contributed by atoms with Gasteiger partial charge in [0.15, 0.2) is 0 Å². The van der Waals surface area contributed by atoms with Crippen LogP contribution in [-0.2, 0) is 4.79 Å². The van der Waals surface area contributed by atoms with Crippen molar-refractivity contribution >= 4 is 46.4 Å². The van der Waals surface area contributed by atoms with E-state index in [0.29, 0.717) is 33.4 Å². The Bertz CT molecular complexity index is 700. The van der Waals surface area contributed by atoms with E-state index in [1.54, 1.807) is 49.4 Å². The fraction of sp³-hybridized carbons (Fsp3) is 0.125. The monoisotopic (exact) mass is 336 g/mol. The fourth-order valence-corrected chi connectivity index (χ4v) is 2.03. The molecule has 0 unspecified atom stereocenters. The van der Waals surface area contributed by atoms with Crippen molar-refractivity contribution in [2.24, 2.45) is 0 Å². The first kappa shape index (κ1) is 16.3. The van der Waals surface area contributed by atoms with Crippen molar-refractivity contribution in [3.05, 3.63) is 58.1 Å². The van der Waals surface area contributed by atoms with Crippen LogP contribution in [0.2, 0.25) is 10.0 Å². The standard InChI is InChI=1S/C16H14Cl2N2O2/c1-2-15(21)19-12-7-8-13(18)14(9-12)20-16(22)10-3-5-11(17)6-4-10/h3-9H,2H2,1H3,(H,19,21)(H,20,22). The van der Waals surface area contributed by atoms with Crippen LogP contribution in [0.15, 0.2) is 42.5 Å². The van der Waals surface area contributed by atoms with E-state index in [9.17, 15) is 9.59 Å². The first-order valence-electron chi connectivity index (χ1n) is 6.66. The lowest BCUT2D eigenvalue weighted by Crippen LogP contribution is -2.13. The Morgan fingerprint density at radius 3 is 2.32 bits per heavy atom. The average molecular weight is 337 g/mol. The molecule has 6 heteroatoms. The van der Waals surface area contributed by atoms with Crippen LogP contribution in [0.5, 0.6) is 0 Å². The van der Waals surface area contributed by atoms with E-state index < -0.39 is 0 Å². The van der Waals surface area contributed by atoms with Gasteiger partial charge in [-0.25, -0.2) is 0 Å². The molecule has 0 aliphatic rings. The molecule has 114 valence electrons. The summed E-state index contributed by atoms with van der Waals surface area (Å²) in [7, 11) is 0. The molecule has 2 rings (SSSR count). The van der Waals surface area contributed by atoms with Gasteiger partial charge in [-0.3, -0.25) is 9.59 Å². The van der Waals surface area contributed by atoms with Gasteiger partial charge in [-0.2, -0.15) is 0 Å². The molecule has 2 N–H and O–H groups in total. The highest BCUT2D eigenvalue weighted by Crippen LogP contribution is 2.26. The van der Waals surface area contributed by atoms with Crippen molar-refractivity contribution in [2.45, 2.75) is 13.3 Å². The van der Waals surface area contributed by atoms with Gasteiger partial charge in [-0.05, 0) is 42.5 Å². The Morgan fingerprint density at radius 1 is 1.00 bits per heavy atom. The number of benzene rings is 2. The van der Waals surface area contributed by atoms with Gasteiger partial charge >= 0.3 is 0 Å². The second kappa shape index (κ2) is 7.29. The predicted molar refractivity (Wildman–Crippen MR) is 89.8 cm³/mol. The number of nitrogens with one attached hydrogen (secondary N) is 2. The van der Waals surface area contributed by atoms with E-state index in [1.165, 1.54) is 0 Å². The minimum absolute atomic E-state index is 0.114. The number of carbonyl (C=O) groups excluding carboxylic acids is 2. The number of amides is 2. The van der Waals surface area contributed by atoms with Crippen LogP contribution in [0.25, 0.3) is 0 Å². The van der Waals surface area contributed by atoms with E-state index in [4.69, 9.17) is 23.2 Å². The first-order chi connectivity index (χ1) is 10.5. The van der Waals surface area contributed by atoms with Crippen molar-refractivity contribution in [3.8, 4) is 0 Å². The van der Waals surface area contributed by atoms with Crippen LogP contribution in [0.3, 0.4) is 0 Å². The molecule has 22 heavy (non-hydrogen) atoms. The molecule has 0 fully saturated rings. The van der Waals surface area contributed by atoms with Crippen LogP contribution >= 0.6 is 23.2 Å². The number of halogens is 2. The SMILES string of the molecule is CCC(=O)Nc1ccc(Cl)c(NC(=O)c2ccc(Cl)cc2)c1. The third-order valence-electron chi connectivity index (χ3n) is 2.93. The van der Waals surface area contributed by atoms with E-state index in [-0.39, 0.29) is 11.8 Å². The number of hydrogen-bond donors (Lipinski definition) is 2. The van der Waals surface area contributed by atoms with Crippen LogP contribution in [-0.4, -0.2) is 11.8 Å². The fourth-order valence-electron chi connectivity index (χ4n) is 1.74. The van der Waals surface area contributed by atoms with Gasteiger partial charge in [0.2, 0.25) is 5.91 Å². The second-order valence-electron chi connectivity index (χ2n) is 4.56. The maximum absolute atomic E-state index is 12.2. The van der Waals surface area contributed by atoms with Crippen LogP contribution in [0.4, 0.5) is 11.4 Å². The van der Waals surface area contributed by atoms with Crippen molar-refractivity contribution in [2.75, 3.05) is 10.6 Å². The zero-order chi connectivity index (χ0) is 16.1. The summed E-state index contributed by atoms with van der Waals surface area (Å²) >= 11 is 11.9. The van der Waals surface area contributed by atoms with Gasteiger partial charge < -0.3 is 10.6 Å². The molecule has 0 aliphatic carbocycles. The highest BCUT2D eigenvalue weighted by atomic mass is 35.5. The summed E-state index contributed by atoms with van der Waals surface area (Å²) in [5.41, 5.74) is 1.46. The average Bonchev–Trinajstić information content (AvgIpc) is 2.51. The summed E-state index contributed by atoms with van der Waals surface area (Å²) in [5.74, 6) is -0.421. The molecule has 0 atom stereocenters. The summed E-state index contributed by atoms with van der Waals surface area (Å²) in [5, 5.41) is 6.37. The highest BCUT2D eigenvalue weighted by molar-refractivity contribution is 6.34. The largest absolute Gasteiger partial charge is 0.326 e. The number of carbonyl (C=O) groups is 2. The molecule has 0 spiro atoms. The molecule has 0 heterocycles. The second-order valence-corrected chi connectivity index (χ2v) is 5.40. The normalized spacial score (nSPS) is 10.1. The number of hydrogen-bond acceptors (Lipinski definition) is 2.